The van der Waals surface area contributed by atoms with Crippen molar-refractivity contribution in [3.05, 3.63) is 148 Å². The third-order valence-corrected chi connectivity index (χ3v) is 10.2. The first-order valence-corrected chi connectivity index (χ1v) is 15.2. The smallest absolute Gasteiger partial charge is 0.0543 e. The van der Waals surface area contributed by atoms with E-state index in [1.165, 1.54) is 67.1 Å². The molecule has 4 aromatic carbocycles. The summed E-state index contributed by atoms with van der Waals surface area (Å²) in [5.74, 6) is 0.402. The standard InChI is InChI=1S/C40H37N/c1-39(2)32-15-7-8-18-36(32)41-37-22-21-31(25-35(37)40(3,4)34-17-10-16-33(39)38(34)41)29-14-9-13-28(24-29)30-20-19-26-11-5-6-12-27(26)23-30/h6-10,12,14-25,28H,5,11,13H2,1-4H3. The van der Waals surface area contributed by atoms with Crippen molar-refractivity contribution in [3.63, 3.8) is 0 Å². The van der Waals surface area contributed by atoms with Crippen LogP contribution in [0.4, 0.5) is 17.1 Å². The van der Waals surface area contributed by atoms with Gasteiger partial charge < -0.3 is 4.90 Å². The van der Waals surface area contributed by atoms with Crippen LogP contribution in [0, 0.1) is 0 Å². The highest BCUT2D eigenvalue weighted by Crippen LogP contribution is 2.60. The molecule has 4 aliphatic rings. The number of para-hydroxylation sites is 2. The SMILES string of the molecule is CC1(C)c2ccccc2N2c3ccc(C4=CC(c5ccc6c(c5)C=CCC6)CC=C4)cc3C(C)(C)c3cccc1c32. The summed E-state index contributed by atoms with van der Waals surface area (Å²) in [7, 11) is 0. The first-order valence-electron chi connectivity index (χ1n) is 15.2. The summed E-state index contributed by atoms with van der Waals surface area (Å²) < 4.78 is 0. The lowest BCUT2D eigenvalue weighted by Gasteiger charge is -2.49. The number of benzene rings is 4. The molecule has 2 heterocycles. The summed E-state index contributed by atoms with van der Waals surface area (Å²) in [5.41, 5.74) is 16.4. The molecule has 0 saturated heterocycles. The van der Waals surface area contributed by atoms with Crippen LogP contribution in [-0.2, 0) is 17.3 Å². The Labute approximate surface area is 244 Å². The first kappa shape index (κ1) is 24.7. The summed E-state index contributed by atoms with van der Waals surface area (Å²) in [5, 5.41) is 0. The highest BCUT2D eigenvalue weighted by Gasteiger charge is 2.45. The maximum absolute atomic E-state index is 2.55. The van der Waals surface area contributed by atoms with Gasteiger partial charge in [0, 0.05) is 16.7 Å². The van der Waals surface area contributed by atoms with Crippen LogP contribution in [0.15, 0.2) is 103 Å². The van der Waals surface area contributed by atoms with Crippen molar-refractivity contribution < 1.29 is 0 Å². The second-order valence-corrected chi connectivity index (χ2v) is 13.3. The van der Waals surface area contributed by atoms with Gasteiger partial charge in [-0.2, -0.15) is 0 Å². The molecule has 41 heavy (non-hydrogen) atoms. The molecule has 4 aromatic rings. The van der Waals surface area contributed by atoms with Crippen LogP contribution in [-0.4, -0.2) is 0 Å². The Balaban J connectivity index is 1.25. The maximum atomic E-state index is 2.55. The van der Waals surface area contributed by atoms with E-state index in [1.807, 2.05) is 0 Å². The van der Waals surface area contributed by atoms with Crippen molar-refractivity contribution in [2.45, 2.75) is 63.7 Å². The van der Waals surface area contributed by atoms with E-state index in [0.717, 1.165) is 19.3 Å². The molecule has 1 nitrogen and oxygen atoms in total. The van der Waals surface area contributed by atoms with E-state index < -0.39 is 0 Å². The lowest BCUT2D eigenvalue weighted by Crippen LogP contribution is -2.38. The molecule has 1 heteroatoms. The van der Waals surface area contributed by atoms with Crippen LogP contribution in [0.1, 0.15) is 91.0 Å². The number of nitrogens with zero attached hydrogens (tertiary/aromatic N) is 1. The molecule has 0 bridgehead atoms. The summed E-state index contributed by atoms with van der Waals surface area (Å²) in [6, 6.07) is 30.3. The molecular formula is C40H37N. The number of hydrogen-bond acceptors (Lipinski definition) is 1. The Bertz CT molecular complexity index is 1830. The van der Waals surface area contributed by atoms with Crippen molar-refractivity contribution in [3.8, 4) is 0 Å². The zero-order valence-electron chi connectivity index (χ0n) is 24.5. The van der Waals surface area contributed by atoms with Gasteiger partial charge in [-0.1, -0.05) is 119 Å². The number of rotatable bonds is 2. The van der Waals surface area contributed by atoms with Crippen molar-refractivity contribution in [1.29, 1.82) is 0 Å². The van der Waals surface area contributed by atoms with Gasteiger partial charge in [0.1, 0.15) is 0 Å². The maximum Gasteiger partial charge on any atom is 0.0543 e. The van der Waals surface area contributed by atoms with E-state index in [2.05, 4.69) is 142 Å². The molecule has 0 spiro atoms. The molecule has 2 aliphatic heterocycles. The van der Waals surface area contributed by atoms with E-state index in [0.29, 0.717) is 5.92 Å². The fraction of sp³-hybridized carbons (Fsp3) is 0.250. The molecule has 0 radical (unpaired) electrons. The monoisotopic (exact) mass is 531 g/mol. The zero-order valence-corrected chi connectivity index (χ0v) is 24.5. The zero-order chi connectivity index (χ0) is 27.9. The highest BCUT2D eigenvalue weighted by molar-refractivity contribution is 5.93. The molecule has 2 aliphatic carbocycles. The van der Waals surface area contributed by atoms with E-state index >= 15 is 0 Å². The Morgan fingerprint density at radius 2 is 1.44 bits per heavy atom. The minimum Gasteiger partial charge on any atom is -0.309 e. The molecule has 0 saturated carbocycles. The van der Waals surface area contributed by atoms with E-state index in [1.54, 1.807) is 0 Å². The summed E-state index contributed by atoms with van der Waals surface area (Å²) in [4.78, 5) is 2.55. The van der Waals surface area contributed by atoms with Crippen LogP contribution in [0.3, 0.4) is 0 Å². The van der Waals surface area contributed by atoms with Gasteiger partial charge in [0.15, 0.2) is 0 Å². The summed E-state index contributed by atoms with van der Waals surface area (Å²) >= 11 is 0. The predicted molar refractivity (Wildman–Crippen MR) is 174 cm³/mol. The van der Waals surface area contributed by atoms with Crippen LogP contribution >= 0.6 is 0 Å². The molecule has 1 unspecified atom stereocenters. The molecule has 0 aromatic heterocycles. The van der Waals surface area contributed by atoms with Gasteiger partial charge in [0.2, 0.25) is 0 Å². The summed E-state index contributed by atoms with van der Waals surface area (Å²) in [6.45, 7) is 9.57. The van der Waals surface area contributed by atoms with E-state index in [-0.39, 0.29) is 10.8 Å². The van der Waals surface area contributed by atoms with Gasteiger partial charge in [-0.15, -0.1) is 0 Å². The second-order valence-electron chi connectivity index (χ2n) is 13.3. The third-order valence-electron chi connectivity index (χ3n) is 10.2. The number of aryl methyl sites for hydroxylation is 1. The Hall–Kier alpha value is -4.10. The van der Waals surface area contributed by atoms with Crippen molar-refractivity contribution >= 4 is 28.7 Å². The van der Waals surface area contributed by atoms with Gasteiger partial charge >= 0.3 is 0 Å². The van der Waals surface area contributed by atoms with Crippen LogP contribution in [0.5, 0.6) is 0 Å². The van der Waals surface area contributed by atoms with Gasteiger partial charge in [-0.25, -0.2) is 0 Å². The average Bonchev–Trinajstić information content (AvgIpc) is 3.00. The lowest BCUT2D eigenvalue weighted by atomic mass is 9.66. The molecule has 0 amide bonds. The average molecular weight is 532 g/mol. The number of fused-ring (bicyclic) bond motifs is 5. The predicted octanol–water partition coefficient (Wildman–Crippen LogP) is 10.5. The molecule has 0 N–H and O–H groups in total. The van der Waals surface area contributed by atoms with Crippen LogP contribution in [0.2, 0.25) is 0 Å². The van der Waals surface area contributed by atoms with Crippen molar-refractivity contribution in [2.75, 3.05) is 4.90 Å². The lowest BCUT2D eigenvalue weighted by molar-refractivity contribution is 0.597. The van der Waals surface area contributed by atoms with Crippen LogP contribution < -0.4 is 4.90 Å². The molecule has 1 atom stereocenters. The van der Waals surface area contributed by atoms with E-state index in [4.69, 9.17) is 0 Å². The highest BCUT2D eigenvalue weighted by atomic mass is 15.2. The van der Waals surface area contributed by atoms with Gasteiger partial charge in [-0.05, 0) is 87.5 Å². The molecule has 202 valence electrons. The van der Waals surface area contributed by atoms with Crippen LogP contribution in [0.25, 0.3) is 11.6 Å². The van der Waals surface area contributed by atoms with Crippen molar-refractivity contribution in [2.24, 2.45) is 0 Å². The minimum absolute atomic E-state index is 0.0504. The topological polar surface area (TPSA) is 3.24 Å². The largest absolute Gasteiger partial charge is 0.309 e. The normalized spacial score (nSPS) is 20.4. The Kier molecular flexibility index (Phi) is 5.24. The van der Waals surface area contributed by atoms with Gasteiger partial charge in [0.25, 0.3) is 0 Å². The van der Waals surface area contributed by atoms with Gasteiger partial charge in [-0.3, -0.25) is 0 Å². The fourth-order valence-electron chi connectivity index (χ4n) is 7.84. The molecule has 0 fully saturated rings. The van der Waals surface area contributed by atoms with Crippen molar-refractivity contribution in [1.82, 2.24) is 0 Å². The Morgan fingerprint density at radius 1 is 0.683 bits per heavy atom. The Morgan fingerprint density at radius 3 is 2.29 bits per heavy atom. The fourth-order valence-corrected chi connectivity index (χ4v) is 7.84. The molecular weight excluding hydrogens is 494 g/mol. The minimum atomic E-state index is -0.112. The number of anilines is 3. The second kappa shape index (κ2) is 8.70. The number of hydrogen-bond donors (Lipinski definition) is 0. The molecule has 8 rings (SSSR count). The van der Waals surface area contributed by atoms with E-state index in [9.17, 15) is 0 Å². The first-order chi connectivity index (χ1) is 19.8. The third kappa shape index (κ3) is 3.54. The van der Waals surface area contributed by atoms with Gasteiger partial charge in [0.05, 0.1) is 17.1 Å². The number of allylic oxidation sites excluding steroid dienone is 5. The summed E-state index contributed by atoms with van der Waals surface area (Å²) in [6.07, 6.45) is 15.2. The quantitative estimate of drug-likeness (QED) is 0.249.